The average molecular weight is 358 g/mol. The molecule has 0 aliphatic rings. The number of benzene rings is 1. The lowest BCUT2D eigenvalue weighted by atomic mass is 10.2. The van der Waals surface area contributed by atoms with E-state index in [1.807, 2.05) is 26.8 Å². The summed E-state index contributed by atoms with van der Waals surface area (Å²) in [5, 5.41) is 8.96. The smallest absolute Gasteiger partial charge is 0.174 e. The van der Waals surface area contributed by atoms with Crippen LogP contribution >= 0.6 is 23.1 Å². The number of Topliss-reactive ketones (excluding diaryl/α,β-unsaturated/α-hetero) is 1. The van der Waals surface area contributed by atoms with Crippen molar-refractivity contribution in [2.75, 3.05) is 5.75 Å². The molecule has 124 valence electrons. The van der Waals surface area contributed by atoms with Crippen molar-refractivity contribution < 1.29 is 4.79 Å². The monoisotopic (exact) mass is 357 g/mol. The fourth-order valence-corrected chi connectivity index (χ4v) is 4.38. The van der Waals surface area contributed by atoms with Crippen molar-refractivity contribution in [1.29, 1.82) is 0 Å². The molecule has 0 N–H and O–H groups in total. The molecule has 0 saturated heterocycles. The fourth-order valence-electron chi connectivity index (χ4n) is 2.68. The number of hydrogen-bond acceptors (Lipinski definition) is 5. The number of thioether (sulfide) groups is 1. The Labute approximate surface area is 149 Å². The lowest BCUT2D eigenvalue weighted by Crippen LogP contribution is -2.05. The summed E-state index contributed by atoms with van der Waals surface area (Å²) in [6, 6.07) is 10.3. The highest BCUT2D eigenvalue weighted by atomic mass is 32.2. The topological polar surface area (TPSA) is 47.8 Å². The highest BCUT2D eigenvalue weighted by Crippen LogP contribution is 2.26. The molecule has 3 aromatic rings. The summed E-state index contributed by atoms with van der Waals surface area (Å²) in [5.74, 6) is 0.506. The number of hydrogen-bond donors (Lipinski definition) is 0. The van der Waals surface area contributed by atoms with Crippen molar-refractivity contribution in [2.24, 2.45) is 0 Å². The van der Waals surface area contributed by atoms with Crippen LogP contribution in [0.2, 0.25) is 0 Å². The molecule has 0 radical (unpaired) electrons. The van der Waals surface area contributed by atoms with Crippen molar-refractivity contribution in [3.05, 3.63) is 57.9 Å². The number of ketones is 1. The molecule has 2 aromatic heterocycles. The third kappa shape index (κ3) is 3.44. The third-order valence-corrected chi connectivity index (χ3v) is 5.83. The summed E-state index contributed by atoms with van der Waals surface area (Å²) >= 11 is 2.97. The predicted molar refractivity (Wildman–Crippen MR) is 99.7 cm³/mol. The van der Waals surface area contributed by atoms with Crippen LogP contribution in [0.25, 0.3) is 5.69 Å². The number of nitrogens with zero attached hydrogens (tertiary/aromatic N) is 3. The van der Waals surface area contributed by atoms with Crippen LogP contribution in [0.5, 0.6) is 0 Å². The Bertz CT molecular complexity index is 878. The zero-order valence-corrected chi connectivity index (χ0v) is 15.8. The number of carbonyl (C=O) groups excluding carboxylic acids is 1. The standard InChI is InChI=1S/C18H19N3OS2/c1-11-5-7-15(8-6-11)21-12(2)9-16(13(21)3)17(22)10-23-18-20-19-14(4)24-18/h5-9H,10H2,1-4H3. The Balaban J connectivity index is 1.82. The first-order valence-corrected chi connectivity index (χ1v) is 9.48. The summed E-state index contributed by atoms with van der Waals surface area (Å²) in [6.07, 6.45) is 0. The molecule has 1 aromatic carbocycles. The zero-order chi connectivity index (χ0) is 17.3. The Hall–Kier alpha value is -1.92. The first-order valence-electron chi connectivity index (χ1n) is 7.68. The lowest BCUT2D eigenvalue weighted by Gasteiger charge is -2.10. The maximum Gasteiger partial charge on any atom is 0.174 e. The third-order valence-electron chi connectivity index (χ3n) is 3.86. The van der Waals surface area contributed by atoms with Crippen molar-refractivity contribution in [1.82, 2.24) is 14.8 Å². The molecule has 0 bridgehead atoms. The van der Waals surface area contributed by atoms with E-state index in [0.717, 1.165) is 32.0 Å². The first-order chi connectivity index (χ1) is 11.5. The largest absolute Gasteiger partial charge is 0.318 e. The maximum absolute atomic E-state index is 12.6. The van der Waals surface area contributed by atoms with Crippen LogP contribution in [0.4, 0.5) is 0 Å². The van der Waals surface area contributed by atoms with E-state index in [0.29, 0.717) is 5.75 Å². The van der Waals surface area contributed by atoms with Gasteiger partial charge in [0.2, 0.25) is 0 Å². The van der Waals surface area contributed by atoms with Crippen LogP contribution in [-0.2, 0) is 0 Å². The number of aryl methyl sites for hydroxylation is 3. The molecule has 3 rings (SSSR count). The first kappa shape index (κ1) is 16.9. The molecule has 24 heavy (non-hydrogen) atoms. The molecule has 6 heteroatoms. The Morgan fingerprint density at radius 1 is 1.12 bits per heavy atom. The summed E-state index contributed by atoms with van der Waals surface area (Å²) in [4.78, 5) is 12.6. The molecule has 0 aliphatic heterocycles. The van der Waals surface area contributed by atoms with Crippen LogP contribution in [0.3, 0.4) is 0 Å². The van der Waals surface area contributed by atoms with Gasteiger partial charge in [0, 0.05) is 22.6 Å². The van der Waals surface area contributed by atoms with E-state index in [1.54, 1.807) is 0 Å². The summed E-state index contributed by atoms with van der Waals surface area (Å²) < 4.78 is 2.97. The Kier molecular flexibility index (Phi) is 4.87. The fraction of sp³-hybridized carbons (Fsp3) is 0.278. The number of carbonyl (C=O) groups is 1. The maximum atomic E-state index is 12.6. The molecule has 4 nitrogen and oxygen atoms in total. The molecular formula is C18H19N3OS2. The molecule has 0 fully saturated rings. The normalized spacial score (nSPS) is 11.0. The predicted octanol–water partition coefficient (Wildman–Crippen LogP) is 4.54. The number of rotatable bonds is 5. The van der Waals surface area contributed by atoms with Crippen molar-refractivity contribution in [3.63, 3.8) is 0 Å². The number of aromatic nitrogens is 3. The second kappa shape index (κ2) is 6.91. The van der Waals surface area contributed by atoms with E-state index in [9.17, 15) is 4.79 Å². The van der Waals surface area contributed by atoms with Crippen molar-refractivity contribution >= 4 is 28.9 Å². The second-order valence-corrected chi connectivity index (χ2v) is 8.16. The quantitative estimate of drug-likeness (QED) is 0.497. The van der Waals surface area contributed by atoms with Crippen LogP contribution < -0.4 is 0 Å². The Morgan fingerprint density at radius 3 is 2.46 bits per heavy atom. The van der Waals surface area contributed by atoms with Gasteiger partial charge in [-0.05, 0) is 45.9 Å². The van der Waals surface area contributed by atoms with E-state index >= 15 is 0 Å². The molecule has 0 saturated carbocycles. The van der Waals surface area contributed by atoms with Crippen LogP contribution in [0.15, 0.2) is 34.7 Å². The SMILES string of the molecule is Cc1ccc(-n2c(C)cc(C(=O)CSc3nnc(C)s3)c2C)cc1. The average Bonchev–Trinajstić information content (AvgIpc) is 3.09. The van der Waals surface area contributed by atoms with Gasteiger partial charge in [0.05, 0.1) is 5.75 Å². The van der Waals surface area contributed by atoms with Gasteiger partial charge in [-0.15, -0.1) is 10.2 Å². The van der Waals surface area contributed by atoms with Crippen LogP contribution in [0.1, 0.15) is 32.3 Å². The molecule has 0 unspecified atom stereocenters. The molecule has 0 spiro atoms. The lowest BCUT2D eigenvalue weighted by molar-refractivity contribution is 0.102. The highest BCUT2D eigenvalue weighted by molar-refractivity contribution is 8.01. The van der Waals surface area contributed by atoms with Gasteiger partial charge in [0.25, 0.3) is 0 Å². The van der Waals surface area contributed by atoms with Gasteiger partial charge in [-0.2, -0.15) is 0 Å². The van der Waals surface area contributed by atoms with Gasteiger partial charge >= 0.3 is 0 Å². The van der Waals surface area contributed by atoms with Gasteiger partial charge in [-0.25, -0.2) is 0 Å². The molecule has 0 amide bonds. The molecule has 2 heterocycles. The summed E-state index contributed by atoms with van der Waals surface area (Å²) in [5.41, 5.74) is 5.14. The van der Waals surface area contributed by atoms with Gasteiger partial charge in [-0.1, -0.05) is 40.8 Å². The molecule has 0 atom stereocenters. The van der Waals surface area contributed by atoms with E-state index in [1.165, 1.54) is 28.7 Å². The van der Waals surface area contributed by atoms with Crippen molar-refractivity contribution in [2.45, 2.75) is 32.0 Å². The van der Waals surface area contributed by atoms with Gasteiger partial charge in [0.1, 0.15) is 5.01 Å². The second-order valence-electron chi connectivity index (χ2n) is 5.75. The zero-order valence-electron chi connectivity index (χ0n) is 14.2. The molecule has 0 aliphatic carbocycles. The van der Waals surface area contributed by atoms with E-state index in [4.69, 9.17) is 0 Å². The van der Waals surface area contributed by atoms with E-state index < -0.39 is 0 Å². The Morgan fingerprint density at radius 2 is 1.83 bits per heavy atom. The van der Waals surface area contributed by atoms with E-state index in [2.05, 4.69) is 46.0 Å². The highest BCUT2D eigenvalue weighted by Gasteiger charge is 2.17. The van der Waals surface area contributed by atoms with E-state index in [-0.39, 0.29) is 5.78 Å². The van der Waals surface area contributed by atoms with Crippen LogP contribution in [0, 0.1) is 27.7 Å². The van der Waals surface area contributed by atoms with Gasteiger partial charge in [0.15, 0.2) is 10.1 Å². The van der Waals surface area contributed by atoms with Crippen molar-refractivity contribution in [3.8, 4) is 5.69 Å². The molecular weight excluding hydrogens is 338 g/mol. The summed E-state index contributed by atoms with van der Waals surface area (Å²) in [7, 11) is 0. The summed E-state index contributed by atoms with van der Waals surface area (Å²) in [6.45, 7) is 8.02. The van der Waals surface area contributed by atoms with Gasteiger partial charge in [-0.3, -0.25) is 4.79 Å². The van der Waals surface area contributed by atoms with Crippen LogP contribution in [-0.4, -0.2) is 26.3 Å². The minimum Gasteiger partial charge on any atom is -0.318 e. The minimum absolute atomic E-state index is 0.124. The van der Waals surface area contributed by atoms with Gasteiger partial charge < -0.3 is 4.57 Å². The minimum atomic E-state index is 0.124.